The Kier molecular flexibility index (Phi) is 4.24. The summed E-state index contributed by atoms with van der Waals surface area (Å²) >= 11 is 0. The molecule has 0 amide bonds. The molecule has 0 spiro atoms. The average Bonchev–Trinajstić information content (AvgIpc) is 3.35. The van der Waals surface area contributed by atoms with Crippen LogP contribution >= 0.6 is 0 Å². The topological polar surface area (TPSA) is 96.7 Å². The highest BCUT2D eigenvalue weighted by Gasteiger charge is 2.28. The van der Waals surface area contributed by atoms with E-state index in [1.165, 1.54) is 24.9 Å². The molecule has 0 saturated heterocycles. The Morgan fingerprint density at radius 2 is 2.00 bits per heavy atom. The number of aromatic nitrogens is 6. The molecular formula is C23H22FN7O. The van der Waals surface area contributed by atoms with E-state index >= 15 is 0 Å². The highest BCUT2D eigenvalue weighted by Crippen LogP contribution is 2.39. The number of fused-ring (bicyclic) bond motifs is 7. The number of nitrogen functional groups attached to an aromatic ring is 1. The molecule has 4 heterocycles. The quantitative estimate of drug-likeness (QED) is 0.489. The Morgan fingerprint density at radius 1 is 1.12 bits per heavy atom. The summed E-state index contributed by atoms with van der Waals surface area (Å²) < 4.78 is 24.2. The fraction of sp³-hybridized carbons (Fsp3) is 0.304. The number of hydrogen-bond acceptors (Lipinski definition) is 6. The molecule has 2 aliphatic rings. The summed E-state index contributed by atoms with van der Waals surface area (Å²) in [6.45, 7) is 1.86. The lowest BCUT2D eigenvalue weighted by atomic mass is 9.92. The molecule has 32 heavy (non-hydrogen) atoms. The molecule has 0 unspecified atom stereocenters. The Labute approximate surface area is 183 Å². The van der Waals surface area contributed by atoms with E-state index in [1.807, 2.05) is 19.2 Å². The third kappa shape index (κ3) is 2.96. The van der Waals surface area contributed by atoms with Crippen LogP contribution in [0.5, 0.6) is 5.75 Å². The van der Waals surface area contributed by atoms with Crippen LogP contribution in [-0.4, -0.2) is 29.5 Å². The van der Waals surface area contributed by atoms with Gasteiger partial charge in [-0.25, -0.2) is 19.0 Å². The Bertz CT molecular complexity index is 1320. The first-order valence-electron chi connectivity index (χ1n) is 10.8. The van der Waals surface area contributed by atoms with E-state index in [0.29, 0.717) is 29.5 Å². The maximum Gasteiger partial charge on any atom is 0.166 e. The van der Waals surface area contributed by atoms with E-state index in [1.54, 1.807) is 16.9 Å². The lowest BCUT2D eigenvalue weighted by Gasteiger charge is -2.28. The molecule has 1 aromatic carbocycles. The van der Waals surface area contributed by atoms with Crippen LogP contribution in [0.15, 0.2) is 43.0 Å². The number of pyridine rings is 1. The largest absolute Gasteiger partial charge is 0.482 e. The van der Waals surface area contributed by atoms with Crippen LogP contribution in [0.2, 0.25) is 0 Å². The predicted molar refractivity (Wildman–Crippen MR) is 116 cm³/mol. The summed E-state index contributed by atoms with van der Waals surface area (Å²) in [5.41, 5.74) is 10.4. The molecule has 0 radical (unpaired) electrons. The lowest BCUT2D eigenvalue weighted by molar-refractivity contribution is 0.226. The number of nitrogens with two attached hydrogens (primary N) is 1. The monoisotopic (exact) mass is 431 g/mol. The third-order valence-corrected chi connectivity index (χ3v) is 6.37. The second kappa shape index (κ2) is 7.15. The van der Waals surface area contributed by atoms with E-state index in [0.717, 1.165) is 35.5 Å². The van der Waals surface area contributed by atoms with Gasteiger partial charge in [0.2, 0.25) is 0 Å². The minimum atomic E-state index is -0.493. The number of hydrogen-bond donors (Lipinski definition) is 1. The highest BCUT2D eigenvalue weighted by atomic mass is 19.1. The van der Waals surface area contributed by atoms with E-state index in [-0.39, 0.29) is 11.6 Å². The van der Waals surface area contributed by atoms with E-state index in [4.69, 9.17) is 15.6 Å². The van der Waals surface area contributed by atoms with Crippen molar-refractivity contribution in [3.8, 4) is 22.7 Å². The van der Waals surface area contributed by atoms with Gasteiger partial charge in [-0.1, -0.05) is 0 Å². The van der Waals surface area contributed by atoms with Gasteiger partial charge in [0.25, 0.3) is 0 Å². The van der Waals surface area contributed by atoms with Crippen molar-refractivity contribution in [3.63, 3.8) is 0 Å². The molecular weight excluding hydrogens is 409 g/mol. The van der Waals surface area contributed by atoms with Gasteiger partial charge in [-0.2, -0.15) is 10.2 Å². The summed E-state index contributed by atoms with van der Waals surface area (Å²) in [4.78, 5) is 8.91. The number of benzene rings is 1. The number of nitrogens with zero attached hydrogens (tertiary/aromatic N) is 6. The first-order valence-corrected chi connectivity index (χ1v) is 10.8. The number of ether oxygens (including phenoxy) is 1. The van der Waals surface area contributed by atoms with E-state index in [9.17, 15) is 4.39 Å². The van der Waals surface area contributed by atoms with E-state index in [2.05, 4.69) is 19.7 Å². The van der Waals surface area contributed by atoms with Crippen molar-refractivity contribution in [2.24, 2.45) is 0 Å². The minimum Gasteiger partial charge on any atom is -0.482 e. The molecule has 1 atom stereocenters. The highest BCUT2D eigenvalue weighted by molar-refractivity contribution is 5.68. The van der Waals surface area contributed by atoms with Gasteiger partial charge in [0.15, 0.2) is 11.6 Å². The van der Waals surface area contributed by atoms with Crippen molar-refractivity contribution in [3.05, 3.63) is 65.8 Å². The normalized spacial score (nSPS) is 17.8. The van der Waals surface area contributed by atoms with Gasteiger partial charge in [0, 0.05) is 29.3 Å². The molecule has 1 saturated carbocycles. The standard InChI is InChI=1S/C23H22FN7O/c1-13-18-9-16(24)5-6-19(18)31-21(27-12-29-31)8-15-11-28-30(17-3-2-4-17)22(15)14-7-20(32-13)23(25)26-10-14/h5-7,9-13,17H,2-4,8H2,1H3,(H2,25,26)/t13-/m1/s1. The Hall–Kier alpha value is -3.75. The van der Waals surface area contributed by atoms with Crippen molar-refractivity contribution in [1.29, 1.82) is 0 Å². The van der Waals surface area contributed by atoms with Crippen LogP contribution < -0.4 is 10.5 Å². The molecule has 4 aromatic rings. The van der Waals surface area contributed by atoms with Crippen LogP contribution in [0.1, 0.15) is 55.3 Å². The number of anilines is 1. The summed E-state index contributed by atoms with van der Waals surface area (Å²) in [5, 5.41) is 9.17. The molecule has 1 aliphatic carbocycles. The number of halogens is 1. The smallest absolute Gasteiger partial charge is 0.166 e. The van der Waals surface area contributed by atoms with Crippen molar-refractivity contribution in [1.82, 2.24) is 29.5 Å². The average molecular weight is 431 g/mol. The SMILES string of the molecule is C[C@H]1Oc2cc(cnc2N)-c2c(cnn2C2CCC2)Cc2ncnn2-c2ccc(F)cc21. The molecule has 2 N–H and O–H groups in total. The molecule has 1 fully saturated rings. The molecule has 162 valence electrons. The Balaban J connectivity index is 1.60. The molecule has 1 aliphatic heterocycles. The van der Waals surface area contributed by atoms with Gasteiger partial charge in [0.05, 0.1) is 23.6 Å². The first-order chi connectivity index (χ1) is 15.6. The predicted octanol–water partition coefficient (Wildman–Crippen LogP) is 4.02. The lowest BCUT2D eigenvalue weighted by Crippen LogP contribution is -2.19. The van der Waals surface area contributed by atoms with Gasteiger partial charge in [-0.15, -0.1) is 0 Å². The van der Waals surface area contributed by atoms with Gasteiger partial charge in [-0.05, 0) is 50.5 Å². The van der Waals surface area contributed by atoms with Crippen LogP contribution in [0, 0.1) is 5.82 Å². The second-order valence-corrected chi connectivity index (χ2v) is 8.38. The number of rotatable bonds is 1. The van der Waals surface area contributed by atoms with Crippen LogP contribution in [-0.2, 0) is 6.42 Å². The zero-order valence-electron chi connectivity index (χ0n) is 17.6. The van der Waals surface area contributed by atoms with Crippen molar-refractivity contribution < 1.29 is 9.13 Å². The van der Waals surface area contributed by atoms with Gasteiger partial charge >= 0.3 is 0 Å². The van der Waals surface area contributed by atoms with Crippen LogP contribution in [0.3, 0.4) is 0 Å². The maximum atomic E-state index is 14.2. The van der Waals surface area contributed by atoms with Gasteiger partial charge in [-0.3, -0.25) is 4.68 Å². The molecule has 2 bridgehead atoms. The molecule has 3 aromatic heterocycles. The van der Waals surface area contributed by atoms with Crippen LogP contribution in [0.4, 0.5) is 10.2 Å². The molecule has 6 rings (SSSR count). The molecule has 8 nitrogen and oxygen atoms in total. The summed E-state index contributed by atoms with van der Waals surface area (Å²) in [5.74, 6) is 1.13. The fourth-order valence-electron chi connectivity index (χ4n) is 4.49. The van der Waals surface area contributed by atoms with Gasteiger partial charge in [0.1, 0.15) is 24.1 Å². The summed E-state index contributed by atoms with van der Waals surface area (Å²) in [6, 6.07) is 6.85. The van der Waals surface area contributed by atoms with Crippen molar-refractivity contribution >= 4 is 5.82 Å². The minimum absolute atomic E-state index is 0.285. The molecule has 9 heteroatoms. The van der Waals surface area contributed by atoms with Crippen molar-refractivity contribution in [2.45, 2.75) is 44.8 Å². The third-order valence-electron chi connectivity index (χ3n) is 6.37. The van der Waals surface area contributed by atoms with Gasteiger partial charge < -0.3 is 10.5 Å². The zero-order chi connectivity index (χ0) is 21.8. The van der Waals surface area contributed by atoms with Crippen LogP contribution in [0.25, 0.3) is 16.9 Å². The zero-order valence-corrected chi connectivity index (χ0v) is 17.6. The summed E-state index contributed by atoms with van der Waals surface area (Å²) in [7, 11) is 0. The summed E-state index contributed by atoms with van der Waals surface area (Å²) in [6.07, 6.45) is 8.60. The van der Waals surface area contributed by atoms with E-state index < -0.39 is 6.10 Å². The maximum absolute atomic E-state index is 14.2. The second-order valence-electron chi connectivity index (χ2n) is 8.38. The first kappa shape index (κ1) is 19.0. The Morgan fingerprint density at radius 3 is 2.81 bits per heavy atom. The fourth-order valence-corrected chi connectivity index (χ4v) is 4.49. The van der Waals surface area contributed by atoms with Crippen molar-refractivity contribution in [2.75, 3.05) is 5.73 Å².